The van der Waals surface area contributed by atoms with Gasteiger partial charge in [-0.2, -0.15) is 0 Å². The van der Waals surface area contributed by atoms with Crippen LogP contribution in [-0.2, 0) is 11.3 Å². The predicted molar refractivity (Wildman–Crippen MR) is 78.4 cm³/mol. The molecular formula is C14H21BrN2O. The smallest absolute Gasteiger partial charge is 0.233 e. The molecule has 0 bridgehead atoms. The van der Waals surface area contributed by atoms with E-state index in [4.69, 9.17) is 0 Å². The molecule has 0 aliphatic carbocycles. The maximum atomic E-state index is 11.5. The number of hydrogen-bond acceptors (Lipinski definition) is 2. The van der Waals surface area contributed by atoms with E-state index in [1.54, 1.807) is 0 Å². The Bertz CT molecular complexity index is 405. The molecule has 0 fully saturated rings. The van der Waals surface area contributed by atoms with Gasteiger partial charge >= 0.3 is 0 Å². The van der Waals surface area contributed by atoms with Crippen LogP contribution in [0.1, 0.15) is 25.0 Å². The van der Waals surface area contributed by atoms with Crippen molar-refractivity contribution < 1.29 is 4.79 Å². The number of hydrogen-bond donors (Lipinski definition) is 2. The van der Waals surface area contributed by atoms with E-state index in [-0.39, 0.29) is 5.91 Å². The van der Waals surface area contributed by atoms with E-state index < -0.39 is 0 Å². The van der Waals surface area contributed by atoms with Crippen LogP contribution in [0.3, 0.4) is 0 Å². The van der Waals surface area contributed by atoms with Gasteiger partial charge in [-0.25, -0.2) is 0 Å². The summed E-state index contributed by atoms with van der Waals surface area (Å²) in [5, 5.41) is 6.02. The number of aryl methyl sites for hydroxylation is 1. The van der Waals surface area contributed by atoms with E-state index in [2.05, 4.69) is 65.5 Å². The number of amides is 1. The van der Waals surface area contributed by atoms with E-state index in [1.165, 1.54) is 11.1 Å². The molecule has 0 aliphatic heterocycles. The fraction of sp³-hybridized carbons (Fsp3) is 0.500. The van der Waals surface area contributed by atoms with Crippen LogP contribution in [0.4, 0.5) is 0 Å². The SMILES string of the molecule is Cc1ccc(CNCC(=O)NCC(C)C)cc1Br. The average molecular weight is 313 g/mol. The number of benzene rings is 1. The molecule has 0 spiro atoms. The minimum atomic E-state index is 0.0508. The standard InChI is InChI=1S/C14H21BrN2O/c1-10(2)7-17-14(18)9-16-8-12-5-4-11(3)13(15)6-12/h4-6,10,16H,7-9H2,1-3H3,(H,17,18). The van der Waals surface area contributed by atoms with Crippen molar-refractivity contribution in [3.63, 3.8) is 0 Å². The van der Waals surface area contributed by atoms with Gasteiger partial charge in [-0.3, -0.25) is 4.79 Å². The lowest BCUT2D eigenvalue weighted by Gasteiger charge is -2.09. The second-order valence-corrected chi connectivity index (χ2v) is 5.74. The van der Waals surface area contributed by atoms with Gasteiger partial charge in [0, 0.05) is 17.6 Å². The van der Waals surface area contributed by atoms with Crippen LogP contribution >= 0.6 is 15.9 Å². The number of rotatable bonds is 6. The van der Waals surface area contributed by atoms with Gasteiger partial charge in [0.05, 0.1) is 6.54 Å². The molecule has 100 valence electrons. The van der Waals surface area contributed by atoms with E-state index in [1.807, 2.05) is 0 Å². The predicted octanol–water partition coefficient (Wildman–Crippen LogP) is 2.62. The first-order valence-electron chi connectivity index (χ1n) is 6.21. The van der Waals surface area contributed by atoms with E-state index in [0.717, 1.165) is 11.0 Å². The Balaban J connectivity index is 2.28. The Kier molecular flexibility index (Phi) is 6.36. The van der Waals surface area contributed by atoms with Gasteiger partial charge < -0.3 is 10.6 Å². The van der Waals surface area contributed by atoms with Gasteiger partial charge in [-0.05, 0) is 30.0 Å². The van der Waals surface area contributed by atoms with Crippen LogP contribution in [0.2, 0.25) is 0 Å². The largest absolute Gasteiger partial charge is 0.355 e. The molecule has 1 aromatic rings. The van der Waals surface area contributed by atoms with Crippen molar-refractivity contribution in [3.05, 3.63) is 33.8 Å². The van der Waals surface area contributed by atoms with Crippen LogP contribution in [-0.4, -0.2) is 19.0 Å². The minimum Gasteiger partial charge on any atom is -0.355 e. The van der Waals surface area contributed by atoms with Crippen molar-refractivity contribution in [2.45, 2.75) is 27.3 Å². The van der Waals surface area contributed by atoms with Gasteiger partial charge in [0.2, 0.25) is 5.91 Å². The summed E-state index contributed by atoms with van der Waals surface area (Å²) in [5.74, 6) is 0.539. The zero-order valence-corrected chi connectivity index (χ0v) is 12.8. The highest BCUT2D eigenvalue weighted by atomic mass is 79.9. The molecule has 4 heteroatoms. The van der Waals surface area contributed by atoms with E-state index in [9.17, 15) is 4.79 Å². The molecule has 0 atom stereocenters. The van der Waals surface area contributed by atoms with E-state index in [0.29, 0.717) is 19.0 Å². The molecule has 1 amide bonds. The summed E-state index contributed by atoms with van der Waals surface area (Å²) < 4.78 is 1.10. The van der Waals surface area contributed by atoms with Crippen molar-refractivity contribution in [2.75, 3.05) is 13.1 Å². The molecule has 0 aliphatic rings. The maximum Gasteiger partial charge on any atom is 0.233 e. The molecule has 0 saturated carbocycles. The summed E-state index contributed by atoms with van der Waals surface area (Å²) in [6.07, 6.45) is 0. The molecule has 1 aromatic carbocycles. The topological polar surface area (TPSA) is 41.1 Å². The third-order valence-corrected chi connectivity index (χ3v) is 3.41. The molecular weight excluding hydrogens is 292 g/mol. The van der Waals surface area contributed by atoms with Crippen molar-refractivity contribution in [1.82, 2.24) is 10.6 Å². The van der Waals surface area contributed by atoms with Gasteiger partial charge in [0.1, 0.15) is 0 Å². The summed E-state index contributed by atoms with van der Waals surface area (Å²) in [4.78, 5) is 11.5. The quantitative estimate of drug-likeness (QED) is 0.848. The average Bonchev–Trinajstić information content (AvgIpc) is 2.31. The molecule has 0 aromatic heterocycles. The van der Waals surface area contributed by atoms with Crippen LogP contribution in [0.5, 0.6) is 0 Å². The van der Waals surface area contributed by atoms with Crippen molar-refractivity contribution in [2.24, 2.45) is 5.92 Å². The van der Waals surface area contributed by atoms with Gasteiger partial charge in [0.15, 0.2) is 0 Å². The van der Waals surface area contributed by atoms with Gasteiger partial charge in [-0.15, -0.1) is 0 Å². The first-order valence-corrected chi connectivity index (χ1v) is 7.00. The first kappa shape index (κ1) is 15.2. The van der Waals surface area contributed by atoms with Crippen LogP contribution in [0.25, 0.3) is 0 Å². The lowest BCUT2D eigenvalue weighted by molar-refractivity contribution is -0.120. The highest BCUT2D eigenvalue weighted by Crippen LogP contribution is 2.17. The van der Waals surface area contributed by atoms with Gasteiger partial charge in [0.25, 0.3) is 0 Å². The number of carbonyl (C=O) groups is 1. The third-order valence-electron chi connectivity index (χ3n) is 2.56. The monoisotopic (exact) mass is 312 g/mol. The van der Waals surface area contributed by atoms with Crippen molar-refractivity contribution >= 4 is 21.8 Å². The van der Waals surface area contributed by atoms with Crippen molar-refractivity contribution in [1.29, 1.82) is 0 Å². The Morgan fingerprint density at radius 1 is 1.39 bits per heavy atom. The zero-order chi connectivity index (χ0) is 13.5. The normalized spacial score (nSPS) is 10.7. The van der Waals surface area contributed by atoms with Crippen LogP contribution in [0, 0.1) is 12.8 Å². The summed E-state index contributed by atoms with van der Waals surface area (Å²) in [7, 11) is 0. The summed E-state index contributed by atoms with van der Waals surface area (Å²) in [6.45, 7) is 8.01. The summed E-state index contributed by atoms with van der Waals surface area (Å²) in [5.41, 5.74) is 2.39. The Hall–Kier alpha value is -0.870. The Morgan fingerprint density at radius 3 is 2.72 bits per heavy atom. The third kappa shape index (κ3) is 5.65. The lowest BCUT2D eigenvalue weighted by atomic mass is 10.1. The highest BCUT2D eigenvalue weighted by molar-refractivity contribution is 9.10. The number of halogens is 1. The second-order valence-electron chi connectivity index (χ2n) is 4.89. The molecule has 0 radical (unpaired) electrons. The summed E-state index contributed by atoms with van der Waals surface area (Å²) in [6, 6.07) is 6.22. The maximum absolute atomic E-state index is 11.5. The van der Waals surface area contributed by atoms with E-state index >= 15 is 0 Å². The fourth-order valence-electron chi connectivity index (χ4n) is 1.45. The van der Waals surface area contributed by atoms with Crippen LogP contribution < -0.4 is 10.6 Å². The summed E-state index contributed by atoms with van der Waals surface area (Å²) >= 11 is 3.50. The van der Waals surface area contributed by atoms with Crippen molar-refractivity contribution in [3.8, 4) is 0 Å². The highest BCUT2D eigenvalue weighted by Gasteiger charge is 2.02. The Labute approximate surface area is 117 Å². The van der Waals surface area contributed by atoms with Crippen LogP contribution in [0.15, 0.2) is 22.7 Å². The van der Waals surface area contributed by atoms with Gasteiger partial charge in [-0.1, -0.05) is 41.9 Å². The molecule has 0 saturated heterocycles. The number of carbonyl (C=O) groups excluding carboxylic acids is 1. The molecule has 0 heterocycles. The molecule has 0 unspecified atom stereocenters. The molecule has 1 rings (SSSR count). The lowest BCUT2D eigenvalue weighted by Crippen LogP contribution is -2.35. The Morgan fingerprint density at radius 2 is 2.11 bits per heavy atom. The molecule has 3 nitrogen and oxygen atoms in total. The molecule has 18 heavy (non-hydrogen) atoms. The number of nitrogens with one attached hydrogen (secondary N) is 2. The first-order chi connectivity index (χ1) is 8.49. The second kappa shape index (κ2) is 7.54. The zero-order valence-electron chi connectivity index (χ0n) is 11.2. The molecule has 2 N–H and O–H groups in total. The fourth-order valence-corrected chi connectivity index (χ4v) is 1.87. The minimum absolute atomic E-state index is 0.0508.